The minimum atomic E-state index is -0.541. The lowest BCUT2D eigenvalue weighted by atomic mass is 9.99. The fourth-order valence-corrected chi connectivity index (χ4v) is 1.57. The van der Waals surface area contributed by atoms with Crippen molar-refractivity contribution in [3.05, 3.63) is 16.1 Å². The smallest absolute Gasteiger partial charge is 0.0897 e. The third-order valence-corrected chi connectivity index (χ3v) is 2.44. The van der Waals surface area contributed by atoms with Crippen molar-refractivity contribution < 1.29 is 5.11 Å². The maximum absolute atomic E-state index is 8.91. The average molecular weight is 186 g/mol. The molecule has 1 aromatic rings. The number of rotatable bonds is 3. The summed E-state index contributed by atoms with van der Waals surface area (Å²) in [4.78, 5) is 4.27. The summed E-state index contributed by atoms with van der Waals surface area (Å²) in [6.45, 7) is 3.77. The van der Waals surface area contributed by atoms with Gasteiger partial charge in [0, 0.05) is 17.3 Å². The highest BCUT2D eigenvalue weighted by molar-refractivity contribution is 7.09. The quantitative estimate of drug-likeness (QED) is 0.730. The monoisotopic (exact) mass is 186 g/mol. The zero-order chi connectivity index (χ0) is 9.19. The fraction of sp³-hybridized carbons (Fsp3) is 0.625. The topological polar surface area (TPSA) is 59.1 Å². The molecule has 0 aliphatic heterocycles. The van der Waals surface area contributed by atoms with Crippen molar-refractivity contribution in [2.24, 2.45) is 5.73 Å². The summed E-state index contributed by atoms with van der Waals surface area (Å²) in [5, 5.41) is 11.9. The van der Waals surface area contributed by atoms with E-state index in [9.17, 15) is 0 Å². The van der Waals surface area contributed by atoms with Gasteiger partial charge in [-0.05, 0) is 13.8 Å². The molecule has 0 aliphatic rings. The zero-order valence-electron chi connectivity index (χ0n) is 7.37. The normalized spacial score (nSPS) is 16.0. The van der Waals surface area contributed by atoms with Gasteiger partial charge in [-0.3, -0.25) is 0 Å². The van der Waals surface area contributed by atoms with Gasteiger partial charge in [0.15, 0.2) is 0 Å². The molecule has 0 saturated heterocycles. The van der Waals surface area contributed by atoms with Crippen molar-refractivity contribution in [1.82, 2.24) is 4.98 Å². The molecule has 1 rings (SSSR count). The number of hydrogen-bond acceptors (Lipinski definition) is 4. The van der Waals surface area contributed by atoms with Gasteiger partial charge in [-0.2, -0.15) is 0 Å². The van der Waals surface area contributed by atoms with Gasteiger partial charge in [0.25, 0.3) is 0 Å². The van der Waals surface area contributed by atoms with Crippen LogP contribution in [0.1, 0.15) is 17.6 Å². The molecule has 0 amide bonds. The minimum Gasteiger partial charge on any atom is -0.394 e. The summed E-state index contributed by atoms with van der Waals surface area (Å²) >= 11 is 1.61. The summed E-state index contributed by atoms with van der Waals surface area (Å²) in [6.07, 6.45) is 0.633. The second kappa shape index (κ2) is 3.51. The minimum absolute atomic E-state index is 0.0103. The largest absolute Gasteiger partial charge is 0.394 e. The Kier molecular flexibility index (Phi) is 2.82. The Morgan fingerprint density at radius 2 is 2.42 bits per heavy atom. The van der Waals surface area contributed by atoms with Gasteiger partial charge < -0.3 is 10.8 Å². The molecule has 0 saturated carbocycles. The number of hydrogen-bond donors (Lipinski definition) is 2. The number of aliphatic hydroxyl groups is 1. The maximum atomic E-state index is 8.91. The number of aliphatic hydroxyl groups excluding tert-OH is 1. The van der Waals surface area contributed by atoms with E-state index in [1.807, 2.05) is 19.2 Å². The van der Waals surface area contributed by atoms with Crippen molar-refractivity contribution >= 4 is 11.3 Å². The van der Waals surface area contributed by atoms with E-state index in [4.69, 9.17) is 10.8 Å². The van der Waals surface area contributed by atoms with Gasteiger partial charge >= 0.3 is 0 Å². The molecular formula is C8H14N2OS. The van der Waals surface area contributed by atoms with Crippen molar-refractivity contribution in [1.29, 1.82) is 0 Å². The van der Waals surface area contributed by atoms with Crippen LogP contribution in [0.3, 0.4) is 0 Å². The Hall–Kier alpha value is -0.450. The predicted molar refractivity (Wildman–Crippen MR) is 50.2 cm³/mol. The summed E-state index contributed by atoms with van der Waals surface area (Å²) in [6, 6.07) is 0. The van der Waals surface area contributed by atoms with Crippen molar-refractivity contribution in [2.45, 2.75) is 25.8 Å². The van der Waals surface area contributed by atoms with E-state index in [2.05, 4.69) is 4.98 Å². The molecule has 1 unspecified atom stereocenters. The second-order valence-electron chi connectivity index (χ2n) is 3.35. The average Bonchev–Trinajstić information content (AvgIpc) is 2.35. The fourth-order valence-electron chi connectivity index (χ4n) is 0.959. The maximum Gasteiger partial charge on any atom is 0.0897 e. The van der Waals surface area contributed by atoms with E-state index >= 15 is 0 Å². The first-order valence-electron chi connectivity index (χ1n) is 3.84. The Morgan fingerprint density at radius 3 is 2.83 bits per heavy atom. The van der Waals surface area contributed by atoms with E-state index in [0.29, 0.717) is 6.42 Å². The second-order valence-corrected chi connectivity index (χ2v) is 4.41. The van der Waals surface area contributed by atoms with Crippen molar-refractivity contribution in [3.8, 4) is 0 Å². The third-order valence-electron chi connectivity index (χ3n) is 1.61. The molecule has 0 spiro atoms. The van der Waals surface area contributed by atoms with E-state index in [1.165, 1.54) is 0 Å². The van der Waals surface area contributed by atoms with Gasteiger partial charge in [-0.25, -0.2) is 4.98 Å². The van der Waals surface area contributed by atoms with Crippen molar-refractivity contribution in [3.63, 3.8) is 0 Å². The van der Waals surface area contributed by atoms with Gasteiger partial charge in [-0.15, -0.1) is 11.3 Å². The Balaban J connectivity index is 2.63. The first-order chi connectivity index (χ1) is 5.53. The summed E-state index contributed by atoms with van der Waals surface area (Å²) in [7, 11) is 0. The molecule has 0 fully saturated rings. The molecular weight excluding hydrogens is 172 g/mol. The van der Waals surface area contributed by atoms with Gasteiger partial charge in [-0.1, -0.05) is 0 Å². The number of aryl methyl sites for hydroxylation is 1. The van der Waals surface area contributed by atoms with E-state index in [-0.39, 0.29) is 6.61 Å². The van der Waals surface area contributed by atoms with Crippen molar-refractivity contribution in [2.75, 3.05) is 6.61 Å². The zero-order valence-corrected chi connectivity index (χ0v) is 8.19. The van der Waals surface area contributed by atoms with Crippen LogP contribution in [0.2, 0.25) is 0 Å². The number of nitrogens with two attached hydrogens (primary N) is 1. The molecule has 68 valence electrons. The SMILES string of the molecule is Cc1nc(CC(C)(N)CO)cs1. The predicted octanol–water partition coefficient (Wildman–Crippen LogP) is 0.704. The molecule has 0 aromatic carbocycles. The summed E-state index contributed by atoms with van der Waals surface area (Å²) in [5.74, 6) is 0. The summed E-state index contributed by atoms with van der Waals surface area (Å²) < 4.78 is 0. The highest BCUT2D eigenvalue weighted by atomic mass is 32.1. The first kappa shape index (κ1) is 9.64. The molecule has 4 heteroatoms. The molecule has 1 atom stereocenters. The van der Waals surface area contributed by atoms with Crippen LogP contribution in [0, 0.1) is 6.92 Å². The molecule has 0 aliphatic carbocycles. The number of aromatic nitrogens is 1. The van der Waals surface area contributed by atoms with Crippen LogP contribution in [0.4, 0.5) is 0 Å². The molecule has 3 N–H and O–H groups in total. The third kappa shape index (κ3) is 2.55. The Morgan fingerprint density at radius 1 is 1.75 bits per heavy atom. The molecule has 12 heavy (non-hydrogen) atoms. The van der Waals surface area contributed by atoms with Crippen LogP contribution in [0.5, 0.6) is 0 Å². The molecule has 1 aromatic heterocycles. The lowest BCUT2D eigenvalue weighted by molar-refractivity contribution is 0.207. The van der Waals surface area contributed by atoms with Gasteiger partial charge in [0.1, 0.15) is 0 Å². The first-order valence-corrected chi connectivity index (χ1v) is 4.72. The molecule has 1 heterocycles. The Bertz CT molecular complexity index is 257. The van der Waals surface area contributed by atoms with Crippen LogP contribution < -0.4 is 5.73 Å². The number of thiazole rings is 1. The van der Waals surface area contributed by atoms with Gasteiger partial charge in [0.05, 0.1) is 17.3 Å². The lowest BCUT2D eigenvalue weighted by Gasteiger charge is -2.19. The van der Waals surface area contributed by atoms with E-state index < -0.39 is 5.54 Å². The molecule has 0 radical (unpaired) electrons. The van der Waals surface area contributed by atoms with E-state index in [0.717, 1.165) is 10.7 Å². The molecule has 0 bridgehead atoms. The van der Waals surface area contributed by atoms with Crippen LogP contribution in [-0.2, 0) is 6.42 Å². The standard InChI is InChI=1S/C8H14N2OS/c1-6-10-7(4-12-6)3-8(2,9)5-11/h4,11H,3,5,9H2,1-2H3. The highest BCUT2D eigenvalue weighted by Gasteiger charge is 2.18. The highest BCUT2D eigenvalue weighted by Crippen LogP contribution is 2.13. The van der Waals surface area contributed by atoms with Gasteiger partial charge in [0.2, 0.25) is 0 Å². The summed E-state index contributed by atoms with van der Waals surface area (Å²) in [5.41, 5.74) is 6.20. The van der Waals surface area contributed by atoms with Crippen LogP contribution in [-0.4, -0.2) is 22.2 Å². The van der Waals surface area contributed by atoms with E-state index in [1.54, 1.807) is 11.3 Å². The van der Waals surface area contributed by atoms with Crippen LogP contribution in [0.15, 0.2) is 5.38 Å². The van der Waals surface area contributed by atoms with Crippen LogP contribution in [0.25, 0.3) is 0 Å². The number of nitrogens with zero attached hydrogens (tertiary/aromatic N) is 1. The molecule has 3 nitrogen and oxygen atoms in total. The van der Waals surface area contributed by atoms with Crippen LogP contribution >= 0.6 is 11.3 Å². The lowest BCUT2D eigenvalue weighted by Crippen LogP contribution is -2.42. The Labute approximate surface area is 76.3 Å².